The highest BCUT2D eigenvalue weighted by Crippen LogP contribution is 2.35. The van der Waals surface area contributed by atoms with Crippen LogP contribution in [0.1, 0.15) is 5.69 Å². The van der Waals surface area contributed by atoms with Crippen molar-refractivity contribution in [1.82, 2.24) is 4.98 Å². The highest BCUT2D eigenvalue weighted by Gasteiger charge is 2.34. The predicted molar refractivity (Wildman–Crippen MR) is 61.5 cm³/mol. The van der Waals surface area contributed by atoms with Crippen molar-refractivity contribution in [2.75, 3.05) is 7.11 Å². The Hall–Kier alpha value is -1.26. The normalized spacial score (nSPS) is 11.2. The average Bonchev–Trinajstić information content (AvgIpc) is 2.19. The summed E-state index contributed by atoms with van der Waals surface area (Å²) in [6, 6.07) is 1.22. The summed E-state index contributed by atoms with van der Waals surface area (Å²) < 4.78 is 45.5. The molecule has 0 fully saturated rings. The number of nitrogens with zero attached hydrogens (tertiary/aromatic N) is 1. The number of hydrogen-bond acceptors (Lipinski definition) is 4. The highest BCUT2D eigenvalue weighted by molar-refractivity contribution is 14.1. The maximum Gasteiger partial charge on any atom is 0.573 e. The third-order valence-corrected chi connectivity index (χ3v) is 2.29. The molecule has 1 rings (SSSR count). The number of aromatic nitrogens is 1. The minimum atomic E-state index is -4.95. The number of carbonyl (C=O) groups is 1. The molecule has 5 nitrogen and oxygen atoms in total. The van der Waals surface area contributed by atoms with E-state index in [1.807, 2.05) is 0 Å². The van der Waals surface area contributed by atoms with Crippen LogP contribution in [0.2, 0.25) is 0 Å². The Balaban J connectivity index is 3.28. The van der Waals surface area contributed by atoms with Gasteiger partial charge >= 0.3 is 12.3 Å². The second-order valence-corrected chi connectivity index (χ2v) is 4.15. The molecule has 0 amide bonds. The summed E-state index contributed by atoms with van der Waals surface area (Å²) in [5, 5.41) is 8.62. The van der Waals surface area contributed by atoms with Crippen LogP contribution >= 0.6 is 22.6 Å². The molecule has 1 aromatic heterocycles. The first-order valence-corrected chi connectivity index (χ1v) is 5.51. The van der Waals surface area contributed by atoms with E-state index < -0.39 is 24.5 Å². The summed E-state index contributed by atoms with van der Waals surface area (Å²) in [5.41, 5.74) is -0.344. The van der Waals surface area contributed by atoms with Gasteiger partial charge in [-0.25, -0.2) is 4.98 Å². The quantitative estimate of drug-likeness (QED) is 0.644. The summed E-state index contributed by atoms with van der Waals surface area (Å²) in [5.74, 6) is -2.27. The number of carboxylic acid groups (broad SMARTS) is 1. The average molecular weight is 377 g/mol. The fourth-order valence-corrected chi connectivity index (χ4v) is 1.74. The van der Waals surface area contributed by atoms with Crippen molar-refractivity contribution in [2.24, 2.45) is 0 Å². The van der Waals surface area contributed by atoms with Gasteiger partial charge in [0.05, 0.1) is 19.2 Å². The molecule has 0 radical (unpaired) electrons. The van der Waals surface area contributed by atoms with Gasteiger partial charge in [-0.3, -0.25) is 4.79 Å². The molecule has 0 spiro atoms. The fourth-order valence-electron chi connectivity index (χ4n) is 1.17. The van der Waals surface area contributed by atoms with E-state index >= 15 is 0 Å². The van der Waals surface area contributed by atoms with Crippen molar-refractivity contribution in [3.8, 4) is 11.5 Å². The topological polar surface area (TPSA) is 68.7 Å². The number of carboxylic acids is 1. The molecule has 1 aromatic rings. The molecule has 0 aromatic carbocycles. The SMILES string of the molecule is COc1cc(I)nc(CC(=O)O)c1OC(F)(F)F. The van der Waals surface area contributed by atoms with Gasteiger partial charge in [-0.2, -0.15) is 0 Å². The Labute approximate surface area is 113 Å². The predicted octanol–water partition coefficient (Wildman–Crippen LogP) is 2.22. The van der Waals surface area contributed by atoms with Crippen molar-refractivity contribution in [1.29, 1.82) is 0 Å². The molecule has 0 aliphatic heterocycles. The van der Waals surface area contributed by atoms with E-state index in [1.54, 1.807) is 22.6 Å². The number of ether oxygens (including phenoxy) is 2. The minimum Gasteiger partial charge on any atom is -0.493 e. The van der Waals surface area contributed by atoms with Crippen molar-refractivity contribution in [3.63, 3.8) is 0 Å². The summed E-state index contributed by atoms with van der Waals surface area (Å²) in [7, 11) is 1.15. The van der Waals surface area contributed by atoms with Crippen LogP contribution in [0.3, 0.4) is 0 Å². The Kier molecular flexibility index (Phi) is 4.59. The number of pyridine rings is 1. The molecule has 0 saturated carbocycles. The van der Waals surface area contributed by atoms with E-state index in [2.05, 4.69) is 9.72 Å². The molecular formula is C9H7F3INO4. The van der Waals surface area contributed by atoms with Gasteiger partial charge in [0.2, 0.25) is 0 Å². The van der Waals surface area contributed by atoms with Gasteiger partial charge in [-0.15, -0.1) is 13.2 Å². The van der Waals surface area contributed by atoms with E-state index in [-0.39, 0.29) is 11.4 Å². The first kappa shape index (κ1) is 14.8. The van der Waals surface area contributed by atoms with Gasteiger partial charge in [0.15, 0.2) is 11.5 Å². The second kappa shape index (κ2) is 5.59. The number of hydrogen-bond donors (Lipinski definition) is 1. The third-order valence-electron chi connectivity index (χ3n) is 1.73. The molecule has 0 saturated heterocycles. The van der Waals surface area contributed by atoms with Gasteiger partial charge in [0, 0.05) is 6.07 Å². The lowest BCUT2D eigenvalue weighted by Crippen LogP contribution is -2.20. The van der Waals surface area contributed by atoms with Crippen LogP contribution in [0.15, 0.2) is 6.07 Å². The maximum atomic E-state index is 12.2. The second-order valence-electron chi connectivity index (χ2n) is 3.04. The number of methoxy groups -OCH3 is 1. The van der Waals surface area contributed by atoms with Gasteiger partial charge in [-0.1, -0.05) is 0 Å². The zero-order chi connectivity index (χ0) is 13.9. The minimum absolute atomic E-state index is 0.219. The standard InChI is InChI=1S/C9H7F3INO4/c1-17-5-3-6(13)14-4(2-7(15)16)8(5)18-9(10,11)12/h3H,2H2,1H3,(H,15,16). The number of aliphatic carboxylic acids is 1. The summed E-state index contributed by atoms with van der Waals surface area (Å²) in [6.45, 7) is 0. The van der Waals surface area contributed by atoms with Crippen LogP contribution in [0.4, 0.5) is 13.2 Å². The van der Waals surface area contributed by atoms with E-state index in [9.17, 15) is 18.0 Å². The van der Waals surface area contributed by atoms with Crippen LogP contribution in [0, 0.1) is 3.70 Å². The van der Waals surface area contributed by atoms with Crippen molar-refractivity contribution in [3.05, 3.63) is 15.5 Å². The first-order valence-electron chi connectivity index (χ1n) is 4.44. The molecule has 100 valence electrons. The molecule has 0 bridgehead atoms. The van der Waals surface area contributed by atoms with E-state index in [0.717, 1.165) is 7.11 Å². The molecular weight excluding hydrogens is 370 g/mol. The molecule has 0 aliphatic carbocycles. The molecule has 0 atom stereocenters. The highest BCUT2D eigenvalue weighted by atomic mass is 127. The van der Waals surface area contributed by atoms with Crippen molar-refractivity contribution >= 4 is 28.6 Å². The lowest BCUT2D eigenvalue weighted by Gasteiger charge is -2.15. The van der Waals surface area contributed by atoms with E-state index in [1.165, 1.54) is 6.07 Å². The van der Waals surface area contributed by atoms with E-state index in [0.29, 0.717) is 3.70 Å². The molecule has 1 N–H and O–H groups in total. The van der Waals surface area contributed by atoms with Gasteiger partial charge in [-0.05, 0) is 22.6 Å². The summed E-state index contributed by atoms with van der Waals surface area (Å²) in [4.78, 5) is 14.3. The molecule has 0 aliphatic rings. The number of rotatable bonds is 4. The maximum absolute atomic E-state index is 12.2. The van der Waals surface area contributed by atoms with Crippen LogP contribution in [0.5, 0.6) is 11.5 Å². The fraction of sp³-hybridized carbons (Fsp3) is 0.333. The van der Waals surface area contributed by atoms with Crippen LogP contribution in [-0.4, -0.2) is 29.5 Å². The van der Waals surface area contributed by atoms with Gasteiger partial charge in [0.1, 0.15) is 3.70 Å². The van der Waals surface area contributed by atoms with Crippen LogP contribution in [0.25, 0.3) is 0 Å². The summed E-state index contributed by atoms with van der Waals surface area (Å²) in [6.07, 6.45) is -5.65. The van der Waals surface area contributed by atoms with E-state index in [4.69, 9.17) is 9.84 Å². The zero-order valence-electron chi connectivity index (χ0n) is 8.92. The lowest BCUT2D eigenvalue weighted by atomic mass is 10.2. The monoisotopic (exact) mass is 377 g/mol. The van der Waals surface area contributed by atoms with Crippen molar-refractivity contribution in [2.45, 2.75) is 12.8 Å². The van der Waals surface area contributed by atoms with Gasteiger partial charge in [0.25, 0.3) is 0 Å². The number of alkyl halides is 3. The molecule has 18 heavy (non-hydrogen) atoms. The first-order chi connectivity index (χ1) is 8.23. The Morgan fingerprint density at radius 3 is 2.61 bits per heavy atom. The Bertz CT molecular complexity index is 464. The lowest BCUT2D eigenvalue weighted by molar-refractivity contribution is -0.275. The van der Waals surface area contributed by atoms with Crippen LogP contribution in [-0.2, 0) is 11.2 Å². The smallest absolute Gasteiger partial charge is 0.493 e. The van der Waals surface area contributed by atoms with Crippen LogP contribution < -0.4 is 9.47 Å². The van der Waals surface area contributed by atoms with Gasteiger partial charge < -0.3 is 14.6 Å². The number of halogens is 4. The largest absolute Gasteiger partial charge is 0.573 e. The third kappa shape index (κ3) is 4.20. The molecule has 0 unspecified atom stereocenters. The molecule has 9 heteroatoms. The van der Waals surface area contributed by atoms with Crippen molar-refractivity contribution < 1.29 is 32.5 Å². The molecule has 1 heterocycles. The summed E-state index contributed by atoms with van der Waals surface area (Å²) >= 11 is 1.73. The Morgan fingerprint density at radius 2 is 2.17 bits per heavy atom. The zero-order valence-corrected chi connectivity index (χ0v) is 11.1. The Morgan fingerprint density at radius 1 is 1.56 bits per heavy atom.